The molecule has 0 bridgehead atoms. The molecule has 18 heavy (non-hydrogen) atoms. The molecule has 0 aliphatic rings. The van der Waals surface area contributed by atoms with Crippen molar-refractivity contribution < 1.29 is 4.79 Å². The normalized spacial score (nSPS) is 11.6. The number of carbonyl (C=O) groups excluding carboxylic acids is 1. The van der Waals surface area contributed by atoms with Gasteiger partial charge in [0, 0.05) is 20.2 Å². The lowest BCUT2D eigenvalue weighted by molar-refractivity contribution is -0.116. The second-order valence-electron chi connectivity index (χ2n) is 4.03. The molecule has 0 radical (unpaired) electrons. The Hall–Kier alpha value is -1.87. The van der Waals surface area contributed by atoms with Gasteiger partial charge in [0.25, 0.3) is 5.91 Å². The van der Waals surface area contributed by atoms with Gasteiger partial charge in [0.15, 0.2) is 0 Å². The van der Waals surface area contributed by atoms with Gasteiger partial charge in [-0.2, -0.15) is 0 Å². The fourth-order valence-corrected chi connectivity index (χ4v) is 1.55. The molecule has 3 heteroatoms. The Bertz CT molecular complexity index is 421. The zero-order valence-corrected chi connectivity index (χ0v) is 11.2. The first-order valence-corrected chi connectivity index (χ1v) is 6.06. The van der Waals surface area contributed by atoms with E-state index >= 15 is 0 Å². The summed E-state index contributed by atoms with van der Waals surface area (Å²) in [7, 11) is 3.70. The van der Waals surface area contributed by atoms with Gasteiger partial charge in [0.2, 0.25) is 0 Å². The molecule has 0 saturated carbocycles. The number of benzene rings is 1. The SMILES string of the molecule is CCC=CC=CC(=O)N(c1ccccc1)N(C)C. The summed E-state index contributed by atoms with van der Waals surface area (Å²) in [5.74, 6) is -0.0630. The van der Waals surface area contributed by atoms with Crippen LogP contribution in [0.15, 0.2) is 54.6 Å². The maximum Gasteiger partial charge on any atom is 0.265 e. The minimum absolute atomic E-state index is 0.0630. The quantitative estimate of drug-likeness (QED) is 0.451. The van der Waals surface area contributed by atoms with Crippen LogP contribution in [-0.2, 0) is 4.79 Å². The molecule has 0 fully saturated rings. The van der Waals surface area contributed by atoms with Gasteiger partial charge in [-0.1, -0.05) is 43.4 Å². The number of hydrogen-bond acceptors (Lipinski definition) is 2. The van der Waals surface area contributed by atoms with E-state index < -0.39 is 0 Å². The van der Waals surface area contributed by atoms with Crippen molar-refractivity contribution in [2.24, 2.45) is 0 Å². The lowest BCUT2D eigenvalue weighted by atomic mass is 10.3. The molecule has 0 unspecified atom stereocenters. The van der Waals surface area contributed by atoms with Gasteiger partial charge in [-0.3, -0.25) is 4.79 Å². The molecule has 96 valence electrons. The highest BCUT2D eigenvalue weighted by atomic mass is 16.2. The van der Waals surface area contributed by atoms with Gasteiger partial charge in [0.1, 0.15) is 0 Å². The third-order valence-corrected chi connectivity index (χ3v) is 2.33. The molecule has 0 saturated heterocycles. The van der Waals surface area contributed by atoms with Crippen molar-refractivity contribution in [2.45, 2.75) is 13.3 Å². The van der Waals surface area contributed by atoms with E-state index in [9.17, 15) is 4.79 Å². The molecule has 0 N–H and O–H groups in total. The third-order valence-electron chi connectivity index (χ3n) is 2.33. The first kappa shape index (κ1) is 14.2. The Balaban J connectivity index is 2.83. The van der Waals surface area contributed by atoms with Crippen LogP contribution in [0.25, 0.3) is 0 Å². The first-order chi connectivity index (χ1) is 8.66. The van der Waals surface area contributed by atoms with E-state index in [4.69, 9.17) is 0 Å². The van der Waals surface area contributed by atoms with Crippen molar-refractivity contribution in [3.8, 4) is 0 Å². The number of nitrogens with zero attached hydrogens (tertiary/aromatic N) is 2. The zero-order valence-electron chi connectivity index (χ0n) is 11.2. The molecular formula is C15H20N2O. The maximum absolute atomic E-state index is 12.1. The molecule has 0 aromatic heterocycles. The highest BCUT2D eigenvalue weighted by Crippen LogP contribution is 2.14. The number of para-hydroxylation sites is 1. The molecule has 1 amide bonds. The van der Waals surface area contributed by atoms with Crippen LogP contribution < -0.4 is 5.01 Å². The molecular weight excluding hydrogens is 224 g/mol. The van der Waals surface area contributed by atoms with Gasteiger partial charge in [-0.15, -0.1) is 0 Å². The Morgan fingerprint density at radius 3 is 2.39 bits per heavy atom. The zero-order chi connectivity index (χ0) is 13.4. The molecule has 0 heterocycles. The van der Waals surface area contributed by atoms with Gasteiger partial charge >= 0.3 is 0 Å². The molecule has 0 aliphatic heterocycles. The van der Waals surface area contributed by atoms with Crippen LogP contribution in [0.5, 0.6) is 0 Å². The molecule has 3 nitrogen and oxygen atoms in total. The minimum Gasteiger partial charge on any atom is -0.268 e. The average molecular weight is 244 g/mol. The molecule has 1 rings (SSSR count). The number of allylic oxidation sites excluding steroid dienone is 3. The second-order valence-corrected chi connectivity index (χ2v) is 4.03. The van der Waals surface area contributed by atoms with Crippen LogP contribution in [0.1, 0.15) is 13.3 Å². The fourth-order valence-electron chi connectivity index (χ4n) is 1.55. The summed E-state index contributed by atoms with van der Waals surface area (Å²) in [5.41, 5.74) is 0.858. The van der Waals surface area contributed by atoms with Crippen molar-refractivity contribution in [2.75, 3.05) is 19.1 Å². The fraction of sp³-hybridized carbons (Fsp3) is 0.267. The Morgan fingerprint density at radius 1 is 1.17 bits per heavy atom. The van der Waals surface area contributed by atoms with Crippen LogP contribution in [0.2, 0.25) is 0 Å². The van der Waals surface area contributed by atoms with E-state index in [2.05, 4.69) is 6.92 Å². The highest BCUT2D eigenvalue weighted by Gasteiger charge is 2.14. The summed E-state index contributed by atoms with van der Waals surface area (Å²) in [5, 5.41) is 3.39. The molecule has 0 spiro atoms. The van der Waals surface area contributed by atoms with E-state index in [0.717, 1.165) is 12.1 Å². The number of rotatable bonds is 5. The van der Waals surface area contributed by atoms with Crippen molar-refractivity contribution in [3.05, 3.63) is 54.6 Å². The Morgan fingerprint density at radius 2 is 1.83 bits per heavy atom. The van der Waals surface area contributed by atoms with Gasteiger partial charge in [-0.05, 0) is 18.6 Å². The summed E-state index contributed by atoms with van der Waals surface area (Å²) in [6.07, 6.45) is 8.20. The van der Waals surface area contributed by atoms with Crippen LogP contribution in [0.3, 0.4) is 0 Å². The predicted octanol–water partition coefficient (Wildman–Crippen LogP) is 3.02. The lowest BCUT2D eigenvalue weighted by Crippen LogP contribution is -2.41. The second kappa shape index (κ2) is 7.45. The van der Waals surface area contributed by atoms with Crippen molar-refractivity contribution >= 4 is 11.6 Å². The molecule has 1 aromatic rings. The van der Waals surface area contributed by atoms with Crippen molar-refractivity contribution in [3.63, 3.8) is 0 Å². The maximum atomic E-state index is 12.1. The van der Waals surface area contributed by atoms with Crippen LogP contribution in [0.4, 0.5) is 5.69 Å². The monoisotopic (exact) mass is 244 g/mol. The number of amides is 1. The number of hydrogen-bond donors (Lipinski definition) is 0. The third kappa shape index (κ3) is 4.18. The van der Waals surface area contributed by atoms with Gasteiger partial charge < -0.3 is 0 Å². The molecule has 0 atom stereocenters. The smallest absolute Gasteiger partial charge is 0.265 e. The van der Waals surface area contributed by atoms with E-state index in [0.29, 0.717) is 0 Å². The lowest BCUT2D eigenvalue weighted by Gasteiger charge is -2.27. The number of hydrazine groups is 1. The summed E-state index contributed by atoms with van der Waals surface area (Å²) in [4.78, 5) is 12.1. The standard InChI is InChI=1S/C15H20N2O/c1-4-5-6-10-13-15(18)17(16(2)3)14-11-8-7-9-12-14/h5-13H,4H2,1-3H3. The summed E-state index contributed by atoms with van der Waals surface area (Å²) < 4.78 is 0. The van der Waals surface area contributed by atoms with Crippen LogP contribution in [-0.4, -0.2) is 25.0 Å². The molecule has 1 aromatic carbocycles. The Kier molecular flexibility index (Phi) is 5.88. The largest absolute Gasteiger partial charge is 0.268 e. The van der Waals surface area contributed by atoms with Crippen LogP contribution >= 0.6 is 0 Å². The molecule has 0 aliphatic carbocycles. The summed E-state index contributed by atoms with van der Waals surface area (Å²) in [6.45, 7) is 2.06. The van der Waals surface area contributed by atoms with E-state index in [-0.39, 0.29) is 5.91 Å². The van der Waals surface area contributed by atoms with Crippen LogP contribution in [0, 0.1) is 0 Å². The van der Waals surface area contributed by atoms with E-state index in [1.165, 1.54) is 0 Å². The minimum atomic E-state index is -0.0630. The van der Waals surface area contributed by atoms with Crippen molar-refractivity contribution in [1.82, 2.24) is 5.01 Å². The Labute approximate surface area is 109 Å². The summed E-state index contributed by atoms with van der Waals surface area (Å²) >= 11 is 0. The van der Waals surface area contributed by atoms with Crippen molar-refractivity contribution in [1.29, 1.82) is 0 Å². The number of anilines is 1. The van der Waals surface area contributed by atoms with Gasteiger partial charge in [0.05, 0.1) is 5.69 Å². The summed E-state index contributed by atoms with van der Waals surface area (Å²) in [6, 6.07) is 9.59. The highest BCUT2D eigenvalue weighted by molar-refractivity contribution is 6.00. The van der Waals surface area contributed by atoms with E-state index in [1.54, 1.807) is 22.2 Å². The predicted molar refractivity (Wildman–Crippen MR) is 76.2 cm³/mol. The topological polar surface area (TPSA) is 23.6 Å². The number of carbonyl (C=O) groups is 1. The average Bonchev–Trinajstić information content (AvgIpc) is 2.36. The van der Waals surface area contributed by atoms with E-state index in [1.807, 2.05) is 56.6 Å². The first-order valence-electron chi connectivity index (χ1n) is 6.06. The van der Waals surface area contributed by atoms with Gasteiger partial charge in [-0.25, -0.2) is 10.0 Å².